The molecule has 108 valence electrons. The van der Waals surface area contributed by atoms with Crippen LogP contribution in [0.1, 0.15) is 32.8 Å². The Labute approximate surface area is 119 Å². The van der Waals surface area contributed by atoms with E-state index in [4.69, 9.17) is 9.47 Å². The van der Waals surface area contributed by atoms with E-state index in [-0.39, 0.29) is 12.0 Å². The Morgan fingerprint density at radius 1 is 1.15 bits per heavy atom. The van der Waals surface area contributed by atoms with E-state index in [1.54, 1.807) is 26.8 Å². The molecule has 0 aliphatic heterocycles. The number of carbonyl (C=O) groups excluding carboxylic acids is 2. The van der Waals surface area contributed by atoms with Crippen molar-refractivity contribution in [3.63, 3.8) is 0 Å². The van der Waals surface area contributed by atoms with Gasteiger partial charge in [-0.25, -0.2) is 4.79 Å². The first-order chi connectivity index (χ1) is 9.31. The molecule has 0 aliphatic carbocycles. The maximum absolute atomic E-state index is 11.8. The van der Waals surface area contributed by atoms with Crippen molar-refractivity contribution >= 4 is 18.0 Å². The molecule has 0 atom stereocenters. The van der Waals surface area contributed by atoms with Crippen LogP contribution in [0.2, 0.25) is 0 Å². The molecule has 20 heavy (non-hydrogen) atoms. The van der Waals surface area contributed by atoms with Gasteiger partial charge in [-0.05, 0) is 32.4 Å². The third kappa shape index (κ3) is 5.69. The molecule has 0 aliphatic rings. The van der Waals surface area contributed by atoms with Gasteiger partial charge in [-0.3, -0.25) is 4.79 Å². The second kappa shape index (κ2) is 6.89. The van der Waals surface area contributed by atoms with Gasteiger partial charge in [0.15, 0.2) is 0 Å². The van der Waals surface area contributed by atoms with Crippen LogP contribution < -0.4 is 0 Å². The van der Waals surface area contributed by atoms with E-state index in [0.717, 1.165) is 5.56 Å². The number of carbonyl (C=O) groups is 2. The van der Waals surface area contributed by atoms with E-state index in [1.807, 2.05) is 30.3 Å². The Hall–Kier alpha value is -2.10. The summed E-state index contributed by atoms with van der Waals surface area (Å²) < 4.78 is 9.91. The van der Waals surface area contributed by atoms with E-state index in [0.29, 0.717) is 0 Å². The molecule has 0 spiro atoms. The minimum atomic E-state index is -0.578. The van der Waals surface area contributed by atoms with Crippen molar-refractivity contribution in [1.82, 2.24) is 0 Å². The molecule has 0 aromatic heterocycles. The monoisotopic (exact) mass is 276 g/mol. The number of hydrogen-bond acceptors (Lipinski definition) is 4. The fourth-order valence-electron chi connectivity index (χ4n) is 1.60. The standard InChI is InChI=1S/C16H20O4/c1-16(2,3)20-14(17)11-13(15(18)19-4)10-12-8-6-5-7-9-12/h5-10H,11H2,1-4H3. The maximum atomic E-state index is 11.8. The molecule has 4 nitrogen and oxygen atoms in total. The summed E-state index contributed by atoms with van der Waals surface area (Å²) in [5.74, 6) is -0.982. The second-order valence-electron chi connectivity index (χ2n) is 5.34. The van der Waals surface area contributed by atoms with E-state index in [9.17, 15) is 9.59 Å². The van der Waals surface area contributed by atoms with Gasteiger partial charge in [0.2, 0.25) is 0 Å². The summed E-state index contributed by atoms with van der Waals surface area (Å²) in [5.41, 5.74) is 0.523. The predicted molar refractivity (Wildman–Crippen MR) is 76.9 cm³/mol. The minimum absolute atomic E-state index is 0.112. The van der Waals surface area contributed by atoms with Crippen molar-refractivity contribution in [2.45, 2.75) is 32.8 Å². The number of hydrogen-bond donors (Lipinski definition) is 0. The van der Waals surface area contributed by atoms with Crippen LogP contribution in [0.5, 0.6) is 0 Å². The zero-order valence-electron chi connectivity index (χ0n) is 12.3. The van der Waals surface area contributed by atoms with E-state index in [1.165, 1.54) is 7.11 Å². The van der Waals surface area contributed by atoms with Gasteiger partial charge in [-0.1, -0.05) is 30.3 Å². The highest BCUT2D eigenvalue weighted by atomic mass is 16.6. The van der Waals surface area contributed by atoms with Crippen LogP contribution in [0.25, 0.3) is 6.08 Å². The average molecular weight is 276 g/mol. The van der Waals surface area contributed by atoms with Gasteiger partial charge in [0.25, 0.3) is 0 Å². The molecule has 0 bridgehead atoms. The van der Waals surface area contributed by atoms with Crippen molar-refractivity contribution in [3.8, 4) is 0 Å². The predicted octanol–water partition coefficient (Wildman–Crippen LogP) is 2.97. The van der Waals surface area contributed by atoms with Gasteiger partial charge in [0.05, 0.1) is 13.5 Å². The van der Waals surface area contributed by atoms with E-state index >= 15 is 0 Å². The number of benzene rings is 1. The highest BCUT2D eigenvalue weighted by Crippen LogP contribution is 2.15. The van der Waals surface area contributed by atoms with Gasteiger partial charge in [-0.15, -0.1) is 0 Å². The number of methoxy groups -OCH3 is 1. The topological polar surface area (TPSA) is 52.6 Å². The smallest absolute Gasteiger partial charge is 0.334 e. The highest BCUT2D eigenvalue weighted by Gasteiger charge is 2.20. The lowest BCUT2D eigenvalue weighted by Crippen LogP contribution is -2.24. The molecule has 0 radical (unpaired) electrons. The summed E-state index contributed by atoms with van der Waals surface area (Å²) in [6.45, 7) is 5.34. The Morgan fingerprint density at radius 2 is 1.75 bits per heavy atom. The van der Waals surface area contributed by atoms with E-state index < -0.39 is 17.5 Å². The molecule has 1 aromatic carbocycles. The molecular weight excluding hydrogens is 256 g/mol. The molecule has 0 saturated heterocycles. The van der Waals surface area contributed by atoms with Crippen LogP contribution in [0.15, 0.2) is 35.9 Å². The number of rotatable bonds is 4. The first kappa shape index (κ1) is 16.0. The van der Waals surface area contributed by atoms with Crippen LogP contribution in [0.4, 0.5) is 0 Å². The third-order valence-electron chi connectivity index (χ3n) is 2.34. The molecular formula is C16H20O4. The fraction of sp³-hybridized carbons (Fsp3) is 0.375. The van der Waals surface area contributed by atoms with Gasteiger partial charge in [-0.2, -0.15) is 0 Å². The normalized spacial score (nSPS) is 11.9. The van der Waals surface area contributed by atoms with Crippen molar-refractivity contribution < 1.29 is 19.1 Å². The molecule has 0 heterocycles. The summed E-state index contributed by atoms with van der Waals surface area (Å²) in [6.07, 6.45) is 1.52. The quantitative estimate of drug-likeness (QED) is 0.626. The Kier molecular flexibility index (Phi) is 5.50. The molecule has 0 amide bonds. The summed E-state index contributed by atoms with van der Waals surface area (Å²) in [5, 5.41) is 0. The molecule has 0 fully saturated rings. The van der Waals surface area contributed by atoms with E-state index in [2.05, 4.69) is 0 Å². The molecule has 1 aromatic rings. The largest absolute Gasteiger partial charge is 0.466 e. The van der Waals surface area contributed by atoms with Crippen molar-refractivity contribution in [2.24, 2.45) is 0 Å². The third-order valence-corrected chi connectivity index (χ3v) is 2.34. The zero-order valence-corrected chi connectivity index (χ0v) is 12.3. The maximum Gasteiger partial charge on any atom is 0.334 e. The van der Waals surface area contributed by atoms with Crippen LogP contribution in [0, 0.1) is 0 Å². The Morgan fingerprint density at radius 3 is 2.25 bits per heavy atom. The summed E-state index contributed by atoms with van der Waals surface area (Å²) >= 11 is 0. The summed E-state index contributed by atoms with van der Waals surface area (Å²) in [4.78, 5) is 23.5. The lowest BCUT2D eigenvalue weighted by atomic mass is 10.1. The van der Waals surface area contributed by atoms with Crippen LogP contribution in [0.3, 0.4) is 0 Å². The Bertz CT molecular complexity index is 495. The summed E-state index contributed by atoms with van der Waals surface area (Å²) in [7, 11) is 1.29. The van der Waals surface area contributed by atoms with Crippen molar-refractivity contribution in [1.29, 1.82) is 0 Å². The first-order valence-electron chi connectivity index (χ1n) is 6.37. The van der Waals surface area contributed by atoms with Gasteiger partial charge in [0, 0.05) is 5.57 Å². The molecule has 1 rings (SSSR count). The molecule has 0 saturated carbocycles. The average Bonchev–Trinajstić information content (AvgIpc) is 2.36. The molecule has 4 heteroatoms. The van der Waals surface area contributed by atoms with Crippen LogP contribution in [-0.2, 0) is 19.1 Å². The SMILES string of the molecule is COC(=O)C(=Cc1ccccc1)CC(=O)OC(C)(C)C. The fourth-order valence-corrected chi connectivity index (χ4v) is 1.60. The highest BCUT2D eigenvalue weighted by molar-refractivity contribution is 5.98. The van der Waals surface area contributed by atoms with Gasteiger partial charge < -0.3 is 9.47 Å². The first-order valence-corrected chi connectivity index (χ1v) is 6.37. The zero-order chi connectivity index (χ0) is 15.2. The molecule has 0 N–H and O–H groups in total. The number of esters is 2. The second-order valence-corrected chi connectivity index (χ2v) is 5.34. The van der Waals surface area contributed by atoms with Gasteiger partial charge >= 0.3 is 11.9 Å². The van der Waals surface area contributed by atoms with Crippen molar-refractivity contribution in [3.05, 3.63) is 41.5 Å². The lowest BCUT2D eigenvalue weighted by molar-refractivity contribution is -0.155. The minimum Gasteiger partial charge on any atom is -0.466 e. The van der Waals surface area contributed by atoms with Crippen LogP contribution in [-0.4, -0.2) is 24.6 Å². The van der Waals surface area contributed by atoms with Crippen molar-refractivity contribution in [2.75, 3.05) is 7.11 Å². The lowest BCUT2D eigenvalue weighted by Gasteiger charge is -2.19. The summed E-state index contributed by atoms with van der Waals surface area (Å²) in [6, 6.07) is 9.28. The Balaban J connectivity index is 2.89. The van der Waals surface area contributed by atoms with Crippen LogP contribution >= 0.6 is 0 Å². The molecule has 0 unspecified atom stereocenters. The number of ether oxygens (including phenoxy) is 2. The van der Waals surface area contributed by atoms with Gasteiger partial charge in [0.1, 0.15) is 5.60 Å².